The highest BCUT2D eigenvalue weighted by Gasteiger charge is 2.45. The maximum atomic E-state index is 13.1. The van der Waals surface area contributed by atoms with Crippen LogP contribution in [0.5, 0.6) is 0 Å². The molecule has 4 rings (SSSR count). The molecule has 0 atom stereocenters. The van der Waals surface area contributed by atoms with Gasteiger partial charge in [-0.1, -0.05) is 41.9 Å². The molecule has 1 heterocycles. The van der Waals surface area contributed by atoms with Crippen LogP contribution >= 0.6 is 15.9 Å². The molecule has 1 aromatic carbocycles. The monoisotopic (exact) mass is 364 g/mol. The molecule has 3 nitrogen and oxygen atoms in total. The van der Waals surface area contributed by atoms with E-state index < -0.39 is 0 Å². The van der Waals surface area contributed by atoms with Gasteiger partial charge in [0.15, 0.2) is 5.78 Å². The minimum atomic E-state index is -0.357. The van der Waals surface area contributed by atoms with Gasteiger partial charge in [-0.25, -0.2) is 0 Å². The second-order valence-corrected chi connectivity index (χ2v) is 7.38. The molecule has 0 saturated carbocycles. The number of hydrogen-bond donors (Lipinski definition) is 0. The Morgan fingerprint density at radius 1 is 1.35 bits per heavy atom. The lowest BCUT2D eigenvalue weighted by atomic mass is 9.68. The molecule has 0 amide bonds. The van der Waals surface area contributed by atoms with E-state index >= 15 is 0 Å². The molecule has 0 aromatic heterocycles. The van der Waals surface area contributed by atoms with Crippen LogP contribution in [0, 0.1) is 11.3 Å². The van der Waals surface area contributed by atoms with Crippen LogP contribution < -0.4 is 0 Å². The van der Waals surface area contributed by atoms with E-state index in [0.29, 0.717) is 17.5 Å². The maximum absolute atomic E-state index is 13.1. The number of ketones is 1. The quantitative estimate of drug-likeness (QED) is 0.686. The highest BCUT2D eigenvalue weighted by atomic mass is 79.9. The fourth-order valence-corrected chi connectivity index (χ4v) is 3.91. The number of allylic oxidation sites excluding steroid dienone is 5. The molecule has 2 aliphatic carbocycles. The van der Waals surface area contributed by atoms with Crippen molar-refractivity contribution in [3.05, 3.63) is 68.4 Å². The molecule has 1 aromatic rings. The minimum absolute atomic E-state index is 0.0139. The normalized spacial score (nSPS) is 20.8. The van der Waals surface area contributed by atoms with Gasteiger partial charge < -0.3 is 0 Å². The van der Waals surface area contributed by atoms with E-state index in [2.05, 4.69) is 35.8 Å². The number of carbonyl (C=O) groups is 1. The lowest BCUT2D eigenvalue weighted by molar-refractivity contribution is 0.103. The van der Waals surface area contributed by atoms with Crippen molar-refractivity contribution in [2.24, 2.45) is 4.99 Å². The predicted octanol–water partition coefficient (Wildman–Crippen LogP) is 4.35. The zero-order chi connectivity index (χ0) is 16.4. The van der Waals surface area contributed by atoms with E-state index in [1.165, 1.54) is 0 Å². The van der Waals surface area contributed by atoms with Gasteiger partial charge in [0.25, 0.3) is 0 Å². The van der Waals surface area contributed by atoms with E-state index in [9.17, 15) is 4.79 Å². The Bertz CT molecular complexity index is 952. The van der Waals surface area contributed by atoms with Crippen molar-refractivity contribution in [2.75, 3.05) is 0 Å². The molecule has 23 heavy (non-hydrogen) atoms. The summed E-state index contributed by atoms with van der Waals surface area (Å²) in [6, 6.07) is 7.49. The highest BCUT2D eigenvalue weighted by Crippen LogP contribution is 2.45. The third-order valence-electron chi connectivity index (χ3n) is 4.74. The molecule has 0 radical (unpaired) electrons. The van der Waals surface area contributed by atoms with Crippen molar-refractivity contribution in [1.29, 1.82) is 5.26 Å². The number of aliphatic imine (C=N–C) groups is 1. The Hall–Kier alpha value is -2.25. The standard InChI is InChI=1S/C19H13BrN2O/c1-19(2)14-6-3-10(9-21)7-13(14)17(23)16-12-5-4-11(20)8-15(12)22-18(16)19/h3-4,6-8H,5H2,1-2H3. The van der Waals surface area contributed by atoms with Gasteiger partial charge in [0.2, 0.25) is 0 Å². The van der Waals surface area contributed by atoms with Gasteiger partial charge in [-0.05, 0) is 35.8 Å². The van der Waals surface area contributed by atoms with Crippen LogP contribution in [0.3, 0.4) is 0 Å². The number of benzene rings is 1. The molecule has 0 bridgehead atoms. The van der Waals surface area contributed by atoms with Crippen molar-refractivity contribution in [3.8, 4) is 6.07 Å². The Morgan fingerprint density at radius 2 is 2.13 bits per heavy atom. The van der Waals surface area contributed by atoms with Crippen molar-refractivity contribution in [2.45, 2.75) is 25.7 Å². The van der Waals surface area contributed by atoms with E-state index in [1.807, 2.05) is 18.2 Å². The summed E-state index contributed by atoms with van der Waals surface area (Å²) in [5.41, 5.74) is 5.16. The molecule has 3 aliphatic rings. The van der Waals surface area contributed by atoms with Crippen LogP contribution in [0.1, 0.15) is 41.8 Å². The molecule has 4 heteroatoms. The van der Waals surface area contributed by atoms with E-state index in [0.717, 1.165) is 32.6 Å². The predicted molar refractivity (Wildman–Crippen MR) is 92.7 cm³/mol. The Balaban J connectivity index is 2.02. The third-order valence-corrected chi connectivity index (χ3v) is 5.29. The molecule has 1 aliphatic heterocycles. The fraction of sp³-hybridized carbons (Fsp3) is 0.211. The summed E-state index contributed by atoms with van der Waals surface area (Å²) in [7, 11) is 0. The van der Waals surface area contributed by atoms with Crippen molar-refractivity contribution < 1.29 is 4.79 Å². The average Bonchev–Trinajstić information content (AvgIpc) is 2.92. The van der Waals surface area contributed by atoms with Gasteiger partial charge in [0.1, 0.15) is 0 Å². The van der Waals surface area contributed by atoms with Crippen molar-refractivity contribution in [3.63, 3.8) is 0 Å². The molecule has 0 spiro atoms. The molecule has 0 unspecified atom stereocenters. The van der Waals surface area contributed by atoms with Crippen LogP contribution in [0.2, 0.25) is 0 Å². The van der Waals surface area contributed by atoms with Gasteiger partial charge in [-0.15, -0.1) is 0 Å². The van der Waals surface area contributed by atoms with Crippen LogP contribution in [0.25, 0.3) is 0 Å². The number of rotatable bonds is 0. The third kappa shape index (κ3) is 1.87. The number of halogens is 1. The van der Waals surface area contributed by atoms with E-state index in [1.54, 1.807) is 12.1 Å². The summed E-state index contributed by atoms with van der Waals surface area (Å²) in [6.45, 7) is 4.17. The van der Waals surface area contributed by atoms with Crippen LogP contribution in [0.15, 0.2) is 56.7 Å². The SMILES string of the molecule is CC1(C)C2=NC3=CC(Br)=CCC3=C2C(=O)c2cc(C#N)ccc21. The first-order valence-corrected chi connectivity index (χ1v) is 8.22. The summed E-state index contributed by atoms with van der Waals surface area (Å²) >= 11 is 3.49. The number of nitrogens with zero attached hydrogens (tertiary/aromatic N) is 2. The molecule has 0 N–H and O–H groups in total. The van der Waals surface area contributed by atoms with E-state index in [4.69, 9.17) is 10.3 Å². The fourth-order valence-electron chi connectivity index (χ4n) is 3.54. The van der Waals surface area contributed by atoms with E-state index in [-0.39, 0.29) is 11.2 Å². The largest absolute Gasteiger partial charge is 0.289 e. The molecular formula is C19H13BrN2O. The van der Waals surface area contributed by atoms with Crippen LogP contribution in [-0.4, -0.2) is 11.5 Å². The maximum Gasteiger partial charge on any atom is 0.195 e. The zero-order valence-corrected chi connectivity index (χ0v) is 14.4. The van der Waals surface area contributed by atoms with Gasteiger partial charge >= 0.3 is 0 Å². The summed E-state index contributed by atoms with van der Waals surface area (Å²) < 4.78 is 0.995. The minimum Gasteiger partial charge on any atom is -0.289 e. The topological polar surface area (TPSA) is 53.2 Å². The summed E-state index contributed by atoms with van der Waals surface area (Å²) in [5, 5.41) is 9.14. The molecule has 0 fully saturated rings. The second-order valence-electron chi connectivity index (χ2n) is 6.46. The average molecular weight is 365 g/mol. The van der Waals surface area contributed by atoms with Gasteiger partial charge in [-0.2, -0.15) is 5.26 Å². The van der Waals surface area contributed by atoms with Crippen LogP contribution in [-0.2, 0) is 5.41 Å². The zero-order valence-electron chi connectivity index (χ0n) is 12.8. The Kier molecular flexibility index (Phi) is 2.88. The molecular weight excluding hydrogens is 352 g/mol. The van der Waals surface area contributed by atoms with Crippen molar-refractivity contribution >= 4 is 27.4 Å². The summed E-state index contributed by atoms with van der Waals surface area (Å²) in [6.07, 6.45) is 4.71. The number of hydrogen-bond acceptors (Lipinski definition) is 3. The Morgan fingerprint density at radius 3 is 2.87 bits per heavy atom. The first-order chi connectivity index (χ1) is 10.9. The highest BCUT2D eigenvalue weighted by molar-refractivity contribution is 9.11. The molecule has 0 saturated heterocycles. The lowest BCUT2D eigenvalue weighted by Crippen LogP contribution is -2.38. The second kappa shape index (κ2) is 4.62. The van der Waals surface area contributed by atoms with Gasteiger partial charge in [0, 0.05) is 15.5 Å². The Labute approximate surface area is 142 Å². The number of Topliss-reactive ketones (excluding diaryl/α,β-unsaturated/α-hetero) is 1. The first kappa shape index (κ1) is 14.3. The number of nitriles is 1. The van der Waals surface area contributed by atoms with Gasteiger partial charge in [0.05, 0.1) is 28.6 Å². The van der Waals surface area contributed by atoms with Crippen molar-refractivity contribution in [1.82, 2.24) is 0 Å². The molecule has 112 valence electrons. The summed E-state index contributed by atoms with van der Waals surface area (Å²) in [5.74, 6) is -0.0139. The lowest BCUT2D eigenvalue weighted by Gasteiger charge is -2.33. The van der Waals surface area contributed by atoms with Crippen LogP contribution in [0.4, 0.5) is 0 Å². The smallest absolute Gasteiger partial charge is 0.195 e. The number of fused-ring (bicyclic) bond motifs is 3. The first-order valence-electron chi connectivity index (χ1n) is 7.43. The van der Waals surface area contributed by atoms with Gasteiger partial charge in [-0.3, -0.25) is 9.79 Å². The summed E-state index contributed by atoms with van der Waals surface area (Å²) in [4.78, 5) is 17.9. The number of carbonyl (C=O) groups excluding carboxylic acids is 1.